The molecule has 1 aliphatic rings. The van der Waals surface area contributed by atoms with E-state index >= 15 is 0 Å². The number of furan rings is 1. The van der Waals surface area contributed by atoms with Crippen LogP contribution in [0.15, 0.2) is 58.0 Å². The number of amides is 1. The van der Waals surface area contributed by atoms with Gasteiger partial charge in [-0.1, -0.05) is 18.2 Å². The van der Waals surface area contributed by atoms with E-state index in [1.165, 1.54) is 18.6 Å². The van der Waals surface area contributed by atoms with Gasteiger partial charge in [0, 0.05) is 31.8 Å². The van der Waals surface area contributed by atoms with Crippen LogP contribution in [0.2, 0.25) is 0 Å². The van der Waals surface area contributed by atoms with E-state index in [1.54, 1.807) is 18.4 Å². The van der Waals surface area contributed by atoms with E-state index in [2.05, 4.69) is 10.3 Å². The molecule has 1 atom stereocenters. The topological polar surface area (TPSA) is 80.7 Å². The van der Waals surface area contributed by atoms with Gasteiger partial charge < -0.3 is 18.9 Å². The monoisotopic (exact) mass is 463 g/mol. The second kappa shape index (κ2) is 10.2. The highest BCUT2D eigenvalue weighted by molar-refractivity contribution is 5.91. The molecule has 2 aromatic heterocycles. The van der Waals surface area contributed by atoms with Gasteiger partial charge in [0.15, 0.2) is 5.69 Å². The Morgan fingerprint density at radius 2 is 2.00 bits per heavy atom. The van der Waals surface area contributed by atoms with Gasteiger partial charge in [-0.25, -0.2) is 4.98 Å². The molecule has 0 radical (unpaired) electrons. The molecule has 1 unspecified atom stereocenters. The van der Waals surface area contributed by atoms with Gasteiger partial charge >= 0.3 is 6.18 Å². The van der Waals surface area contributed by atoms with Crippen LogP contribution >= 0.6 is 0 Å². The molecule has 0 spiro atoms. The summed E-state index contributed by atoms with van der Waals surface area (Å²) in [5.41, 5.74) is 0.785. The van der Waals surface area contributed by atoms with Crippen LogP contribution in [-0.2, 0) is 30.5 Å². The maximum atomic E-state index is 13.1. The number of halogens is 3. The van der Waals surface area contributed by atoms with Crippen molar-refractivity contribution in [2.24, 2.45) is 0 Å². The lowest BCUT2D eigenvalue weighted by Gasteiger charge is -2.20. The van der Waals surface area contributed by atoms with Crippen LogP contribution in [0.3, 0.4) is 0 Å². The summed E-state index contributed by atoms with van der Waals surface area (Å²) in [6, 6.07) is 6.97. The predicted molar refractivity (Wildman–Crippen MR) is 111 cm³/mol. The van der Waals surface area contributed by atoms with E-state index in [0.29, 0.717) is 25.3 Å². The number of hydrogen-bond donors (Lipinski definition) is 1. The van der Waals surface area contributed by atoms with E-state index < -0.39 is 11.7 Å². The zero-order valence-electron chi connectivity index (χ0n) is 17.8. The fourth-order valence-corrected chi connectivity index (χ4v) is 3.69. The average Bonchev–Trinajstić information content (AvgIpc) is 3.55. The molecule has 1 saturated heterocycles. The number of benzene rings is 1. The Labute approximate surface area is 188 Å². The minimum absolute atomic E-state index is 0.0123. The number of ether oxygens (including phenoxy) is 1. The van der Waals surface area contributed by atoms with E-state index in [-0.39, 0.29) is 36.7 Å². The van der Waals surface area contributed by atoms with Crippen molar-refractivity contribution < 1.29 is 31.5 Å². The number of nitrogens with zero attached hydrogens (tertiary/aromatic N) is 2. The summed E-state index contributed by atoms with van der Waals surface area (Å²) in [5.74, 6) is -0.0764. The molecule has 0 bridgehead atoms. The summed E-state index contributed by atoms with van der Waals surface area (Å²) in [4.78, 5) is 18.5. The normalized spacial score (nSPS) is 16.4. The highest BCUT2D eigenvalue weighted by atomic mass is 19.4. The zero-order chi connectivity index (χ0) is 23.3. The number of carbonyl (C=O) groups excluding carboxylic acids is 1. The van der Waals surface area contributed by atoms with Crippen LogP contribution in [-0.4, -0.2) is 35.0 Å². The summed E-state index contributed by atoms with van der Waals surface area (Å²) >= 11 is 0. The minimum Gasteiger partial charge on any atom is -0.472 e. The van der Waals surface area contributed by atoms with Gasteiger partial charge in [0.2, 0.25) is 5.89 Å². The van der Waals surface area contributed by atoms with Crippen LogP contribution in [0.4, 0.5) is 13.2 Å². The van der Waals surface area contributed by atoms with Crippen molar-refractivity contribution in [3.8, 4) is 0 Å². The maximum Gasteiger partial charge on any atom is 0.416 e. The smallest absolute Gasteiger partial charge is 0.416 e. The second-order valence-electron chi connectivity index (χ2n) is 7.95. The first-order valence-electron chi connectivity index (χ1n) is 10.6. The Kier molecular flexibility index (Phi) is 7.14. The fraction of sp³-hybridized carbons (Fsp3) is 0.391. The molecule has 1 N–H and O–H groups in total. The summed E-state index contributed by atoms with van der Waals surface area (Å²) in [7, 11) is 0. The third-order valence-corrected chi connectivity index (χ3v) is 5.30. The highest BCUT2D eigenvalue weighted by Crippen LogP contribution is 2.30. The Hall–Kier alpha value is -3.11. The SMILES string of the molecule is O=C(NCC1CCCO1)c1coc(CN(Cc2ccoc2)Cc2cccc(C(F)(F)F)c2)n1. The first-order valence-corrected chi connectivity index (χ1v) is 10.6. The van der Waals surface area contributed by atoms with Crippen molar-refractivity contribution in [3.05, 3.63) is 77.4 Å². The molecule has 33 heavy (non-hydrogen) atoms. The molecule has 1 aromatic carbocycles. The van der Waals surface area contributed by atoms with Crippen LogP contribution in [0, 0.1) is 0 Å². The maximum absolute atomic E-state index is 13.1. The molecule has 3 heterocycles. The largest absolute Gasteiger partial charge is 0.472 e. The molecule has 0 aliphatic carbocycles. The Bertz CT molecular complexity index is 1040. The molecule has 1 fully saturated rings. The number of hydrogen-bond acceptors (Lipinski definition) is 6. The van der Waals surface area contributed by atoms with Gasteiger partial charge in [-0.05, 0) is 30.5 Å². The molecule has 3 aromatic rings. The predicted octanol–water partition coefficient (Wildman–Crippen LogP) is 4.40. The molecule has 4 rings (SSSR count). The fourth-order valence-electron chi connectivity index (χ4n) is 3.69. The standard InChI is InChI=1S/C23H24F3N3O4/c24-23(25,26)18-4-1-3-16(9-18)11-29(12-17-6-8-31-14-17)13-21-28-20(15-33-21)22(30)27-10-19-5-2-7-32-19/h1,3-4,6,8-9,14-15,19H,2,5,7,10-13H2,(H,27,30). The number of nitrogens with one attached hydrogen (secondary N) is 1. The molecule has 0 saturated carbocycles. The summed E-state index contributed by atoms with van der Waals surface area (Å²) in [6.07, 6.45) is 1.85. The van der Waals surface area contributed by atoms with Gasteiger partial charge in [-0.15, -0.1) is 0 Å². The average molecular weight is 463 g/mol. The first-order chi connectivity index (χ1) is 15.9. The lowest BCUT2D eigenvalue weighted by atomic mass is 10.1. The van der Waals surface area contributed by atoms with Crippen molar-refractivity contribution in [3.63, 3.8) is 0 Å². The molecular formula is C23H24F3N3O4. The second-order valence-corrected chi connectivity index (χ2v) is 7.95. The zero-order valence-corrected chi connectivity index (χ0v) is 17.8. The number of alkyl halides is 3. The summed E-state index contributed by atoms with van der Waals surface area (Å²) in [5, 5.41) is 2.79. The molecule has 1 amide bonds. The molecule has 7 nitrogen and oxygen atoms in total. The van der Waals surface area contributed by atoms with Crippen molar-refractivity contribution >= 4 is 5.91 Å². The molecule has 176 valence electrons. The Balaban J connectivity index is 1.43. The van der Waals surface area contributed by atoms with Gasteiger partial charge in [0.25, 0.3) is 5.91 Å². The van der Waals surface area contributed by atoms with Crippen LogP contribution in [0.5, 0.6) is 0 Å². The molecular weight excluding hydrogens is 439 g/mol. The number of aromatic nitrogens is 1. The molecule has 10 heteroatoms. The van der Waals surface area contributed by atoms with E-state index in [0.717, 1.165) is 30.5 Å². The van der Waals surface area contributed by atoms with E-state index in [9.17, 15) is 18.0 Å². The summed E-state index contributed by atoms with van der Waals surface area (Å²) < 4.78 is 55.4. The Morgan fingerprint density at radius 1 is 1.15 bits per heavy atom. The van der Waals surface area contributed by atoms with Crippen molar-refractivity contribution in [1.29, 1.82) is 0 Å². The number of carbonyl (C=O) groups is 1. The van der Waals surface area contributed by atoms with Gasteiger partial charge in [-0.2, -0.15) is 13.2 Å². The van der Waals surface area contributed by atoms with Gasteiger partial charge in [-0.3, -0.25) is 9.69 Å². The molecule has 1 aliphatic heterocycles. The van der Waals surface area contributed by atoms with Crippen molar-refractivity contribution in [1.82, 2.24) is 15.2 Å². The summed E-state index contributed by atoms with van der Waals surface area (Å²) in [6.45, 7) is 1.92. The highest BCUT2D eigenvalue weighted by Gasteiger charge is 2.30. The van der Waals surface area contributed by atoms with Crippen molar-refractivity contribution in [2.45, 2.75) is 44.8 Å². The van der Waals surface area contributed by atoms with E-state index in [1.807, 2.05) is 4.90 Å². The first kappa shape index (κ1) is 23.1. The van der Waals surface area contributed by atoms with Crippen LogP contribution in [0.25, 0.3) is 0 Å². The van der Waals surface area contributed by atoms with Crippen molar-refractivity contribution in [2.75, 3.05) is 13.2 Å². The Morgan fingerprint density at radius 3 is 2.73 bits per heavy atom. The van der Waals surface area contributed by atoms with Crippen LogP contribution < -0.4 is 5.32 Å². The van der Waals surface area contributed by atoms with Crippen LogP contribution in [0.1, 0.15) is 45.9 Å². The quantitative estimate of drug-likeness (QED) is 0.507. The number of rotatable bonds is 9. The van der Waals surface area contributed by atoms with E-state index in [4.69, 9.17) is 13.6 Å². The number of oxazole rings is 1. The third-order valence-electron chi connectivity index (χ3n) is 5.30. The third kappa shape index (κ3) is 6.45. The van der Waals surface area contributed by atoms with Gasteiger partial charge in [0.05, 0.1) is 30.7 Å². The lowest BCUT2D eigenvalue weighted by molar-refractivity contribution is -0.137. The minimum atomic E-state index is -4.42. The lowest BCUT2D eigenvalue weighted by Crippen LogP contribution is -2.32. The van der Waals surface area contributed by atoms with Gasteiger partial charge in [0.1, 0.15) is 6.26 Å².